The normalized spacial score (nSPS) is 32.3. The van der Waals surface area contributed by atoms with Gasteiger partial charge in [-0.2, -0.15) is 0 Å². The summed E-state index contributed by atoms with van der Waals surface area (Å²) in [5, 5.41) is 21.7. The number of likely N-dealkylation sites (N-methyl/N-ethyl adjacent to an activating group) is 1. The lowest BCUT2D eigenvalue weighted by atomic mass is 10.0. The van der Waals surface area contributed by atoms with Gasteiger partial charge in [0.2, 0.25) is 10.0 Å². The summed E-state index contributed by atoms with van der Waals surface area (Å²) in [5.41, 5.74) is 0. The molecule has 1 aromatic heterocycles. The molecule has 3 N–H and O–H groups in total. The molecule has 2 aliphatic heterocycles. The molecule has 3 rings (SSSR count). The van der Waals surface area contributed by atoms with E-state index in [1.165, 1.54) is 0 Å². The van der Waals surface area contributed by atoms with Crippen molar-refractivity contribution in [1.29, 1.82) is 0 Å². The van der Waals surface area contributed by atoms with Crippen molar-refractivity contribution >= 4 is 21.4 Å². The molecule has 0 aliphatic carbocycles. The Morgan fingerprint density at radius 3 is 2.64 bits per heavy atom. The summed E-state index contributed by atoms with van der Waals surface area (Å²) in [6.07, 6.45) is -2.05. The number of hydrogen-bond donors (Lipinski definition) is 3. The van der Waals surface area contributed by atoms with Gasteiger partial charge in [-0.05, 0) is 18.5 Å². The quantitative estimate of drug-likeness (QED) is 0.558. The van der Waals surface area contributed by atoms with Crippen LogP contribution in [0.15, 0.2) is 21.7 Å². The van der Waals surface area contributed by atoms with Gasteiger partial charge >= 0.3 is 0 Å². The number of ether oxygens (including phenoxy) is 1. The van der Waals surface area contributed by atoms with Crippen molar-refractivity contribution < 1.29 is 23.4 Å². The molecule has 0 radical (unpaired) electrons. The summed E-state index contributed by atoms with van der Waals surface area (Å²) in [6.45, 7) is 3.06. The fraction of sp³-hybridized carbons (Fsp3) is 0.733. The first-order valence-electron chi connectivity index (χ1n) is 8.32. The zero-order valence-electron chi connectivity index (χ0n) is 14.1. The highest BCUT2D eigenvalue weighted by atomic mass is 32.2. The van der Waals surface area contributed by atoms with Crippen molar-refractivity contribution in [3.05, 3.63) is 17.5 Å². The minimum atomic E-state index is -3.59. The number of thiophene rings is 1. The maximum absolute atomic E-state index is 12.3. The molecule has 3 heterocycles. The van der Waals surface area contributed by atoms with Gasteiger partial charge in [0.1, 0.15) is 16.4 Å². The molecule has 0 bridgehead atoms. The Balaban J connectivity index is 1.69. The van der Waals surface area contributed by atoms with Gasteiger partial charge in [-0.15, -0.1) is 11.3 Å². The average Bonchev–Trinajstić information content (AvgIpc) is 3.23. The lowest BCUT2D eigenvalue weighted by Crippen LogP contribution is -2.56. The number of nitrogens with one attached hydrogen (secondary N) is 1. The van der Waals surface area contributed by atoms with Gasteiger partial charge in [0.25, 0.3) is 0 Å². The largest absolute Gasteiger partial charge is 0.394 e. The molecular weight excluding hydrogens is 366 g/mol. The van der Waals surface area contributed by atoms with E-state index < -0.39 is 28.3 Å². The number of rotatable bonds is 6. The molecule has 2 fully saturated rings. The van der Waals surface area contributed by atoms with Crippen LogP contribution in [-0.2, 0) is 14.8 Å². The summed E-state index contributed by atoms with van der Waals surface area (Å²) < 4.78 is 33.2. The Hall–Kier alpha value is -0.590. The Kier molecular flexibility index (Phi) is 6.11. The monoisotopic (exact) mass is 391 g/mol. The third-order valence-electron chi connectivity index (χ3n) is 4.84. The van der Waals surface area contributed by atoms with E-state index in [0.717, 1.165) is 37.5 Å². The Morgan fingerprint density at radius 1 is 1.32 bits per heavy atom. The van der Waals surface area contributed by atoms with E-state index in [0.29, 0.717) is 0 Å². The van der Waals surface area contributed by atoms with E-state index >= 15 is 0 Å². The van der Waals surface area contributed by atoms with Gasteiger partial charge in [0.05, 0.1) is 18.8 Å². The molecule has 1 aromatic rings. The maximum atomic E-state index is 12.3. The van der Waals surface area contributed by atoms with Crippen LogP contribution < -0.4 is 4.72 Å². The van der Waals surface area contributed by atoms with Crippen molar-refractivity contribution in [2.75, 3.05) is 46.4 Å². The Bertz CT molecular complexity index is 646. The summed E-state index contributed by atoms with van der Waals surface area (Å²) >= 11 is 1.15. The van der Waals surface area contributed by atoms with Crippen molar-refractivity contribution in [3.63, 3.8) is 0 Å². The number of piperazine rings is 1. The lowest BCUT2D eigenvalue weighted by Gasteiger charge is -2.39. The van der Waals surface area contributed by atoms with Crippen LogP contribution in [0.5, 0.6) is 0 Å². The highest BCUT2D eigenvalue weighted by molar-refractivity contribution is 7.91. The van der Waals surface area contributed by atoms with E-state index in [1.807, 2.05) is 7.05 Å². The lowest BCUT2D eigenvalue weighted by molar-refractivity contribution is -0.0201. The molecule has 0 amide bonds. The fourth-order valence-electron chi connectivity index (χ4n) is 3.40. The molecule has 8 nitrogen and oxygen atoms in total. The van der Waals surface area contributed by atoms with Crippen molar-refractivity contribution in [1.82, 2.24) is 14.5 Å². The summed E-state index contributed by atoms with van der Waals surface area (Å²) in [6, 6.07) is 2.90. The van der Waals surface area contributed by atoms with Crippen LogP contribution in [0.3, 0.4) is 0 Å². The predicted octanol–water partition coefficient (Wildman–Crippen LogP) is -1.24. The molecule has 0 saturated carbocycles. The van der Waals surface area contributed by atoms with Gasteiger partial charge in [-0.1, -0.05) is 6.07 Å². The van der Waals surface area contributed by atoms with E-state index in [4.69, 9.17) is 4.74 Å². The topological polar surface area (TPSA) is 102 Å². The number of nitrogens with zero attached hydrogens (tertiary/aromatic N) is 2. The van der Waals surface area contributed by atoms with E-state index in [-0.39, 0.29) is 23.4 Å². The molecule has 10 heteroatoms. The second-order valence-electron chi connectivity index (χ2n) is 6.50. The number of aliphatic hydroxyl groups excluding tert-OH is 2. The van der Waals surface area contributed by atoms with Crippen LogP contribution in [-0.4, -0.2) is 99.2 Å². The van der Waals surface area contributed by atoms with Gasteiger partial charge in [-0.25, -0.2) is 13.1 Å². The second-order valence-corrected chi connectivity index (χ2v) is 9.44. The minimum Gasteiger partial charge on any atom is -0.394 e. The molecule has 0 spiro atoms. The molecule has 0 aromatic carbocycles. The van der Waals surface area contributed by atoms with Crippen LogP contribution in [0.1, 0.15) is 0 Å². The third kappa shape index (κ3) is 4.22. The van der Waals surface area contributed by atoms with E-state index in [1.54, 1.807) is 17.5 Å². The van der Waals surface area contributed by atoms with Gasteiger partial charge in [0.15, 0.2) is 0 Å². The minimum absolute atomic E-state index is 0.0603. The highest BCUT2D eigenvalue weighted by Gasteiger charge is 2.46. The first-order chi connectivity index (χ1) is 11.9. The molecule has 2 saturated heterocycles. The third-order valence-corrected chi connectivity index (χ3v) is 7.66. The molecule has 0 unspecified atom stereocenters. The molecule has 2 aliphatic rings. The van der Waals surface area contributed by atoms with Crippen molar-refractivity contribution in [3.8, 4) is 0 Å². The van der Waals surface area contributed by atoms with Gasteiger partial charge in [-0.3, -0.25) is 4.90 Å². The number of hydrogen-bond acceptors (Lipinski definition) is 8. The fourth-order valence-corrected chi connectivity index (χ4v) is 5.48. The Morgan fingerprint density at radius 2 is 2.04 bits per heavy atom. The van der Waals surface area contributed by atoms with Crippen LogP contribution in [0, 0.1) is 0 Å². The zero-order valence-corrected chi connectivity index (χ0v) is 15.7. The predicted molar refractivity (Wildman–Crippen MR) is 94.1 cm³/mol. The SMILES string of the molecule is CN1CCN([C@H]2[C@H](O)[C@H](CO)O[C@@H]2CNS(=O)(=O)c2cccs2)CC1. The summed E-state index contributed by atoms with van der Waals surface area (Å²) in [7, 11) is -1.55. The molecule has 4 atom stereocenters. The van der Waals surface area contributed by atoms with Crippen molar-refractivity contribution in [2.24, 2.45) is 0 Å². The number of aliphatic hydroxyl groups is 2. The number of sulfonamides is 1. The summed E-state index contributed by atoms with van der Waals surface area (Å²) in [4.78, 5) is 4.33. The first-order valence-corrected chi connectivity index (χ1v) is 10.7. The molecular formula is C15H25N3O5S2. The van der Waals surface area contributed by atoms with Crippen LogP contribution in [0.4, 0.5) is 0 Å². The zero-order chi connectivity index (χ0) is 18.0. The van der Waals surface area contributed by atoms with Crippen LogP contribution in [0.2, 0.25) is 0 Å². The maximum Gasteiger partial charge on any atom is 0.250 e. The van der Waals surface area contributed by atoms with E-state index in [9.17, 15) is 18.6 Å². The second kappa shape index (κ2) is 7.97. The smallest absolute Gasteiger partial charge is 0.250 e. The van der Waals surface area contributed by atoms with Gasteiger partial charge in [0, 0.05) is 32.7 Å². The van der Waals surface area contributed by atoms with Crippen LogP contribution >= 0.6 is 11.3 Å². The molecule has 25 heavy (non-hydrogen) atoms. The van der Waals surface area contributed by atoms with Gasteiger partial charge < -0.3 is 19.8 Å². The Labute approximate surface area is 152 Å². The van der Waals surface area contributed by atoms with E-state index in [2.05, 4.69) is 14.5 Å². The van der Waals surface area contributed by atoms with Crippen molar-refractivity contribution in [2.45, 2.75) is 28.6 Å². The van der Waals surface area contributed by atoms with Crippen LogP contribution in [0.25, 0.3) is 0 Å². The standard InChI is InChI=1S/C15H25N3O5S2/c1-17-4-6-18(7-5-17)14-11(23-12(10-19)15(14)20)9-16-25(21,22)13-3-2-8-24-13/h2-3,8,11-12,14-16,19-20H,4-7,9-10H2,1H3/t11-,12+,14-,15-/m1/s1. The molecule has 142 valence electrons. The first kappa shape index (κ1) is 19.2. The highest BCUT2D eigenvalue weighted by Crippen LogP contribution is 2.27. The summed E-state index contributed by atoms with van der Waals surface area (Å²) in [5.74, 6) is 0. The average molecular weight is 392 g/mol.